The van der Waals surface area contributed by atoms with Crippen LogP contribution in [0.25, 0.3) is 0 Å². The van der Waals surface area contributed by atoms with Crippen LogP contribution < -0.4 is 5.32 Å². The fourth-order valence-electron chi connectivity index (χ4n) is 3.21. The normalized spacial score (nSPS) is 16.3. The molecule has 1 aliphatic heterocycles. The standard InChI is InChI=1S/C20H24F2N2O/c21-18-5-6-20(22)17(11-18)13-23-12-15-3-1-2-4-16(15)14-24-9-7-19(25)8-10-24/h1-6,11,19,23,25H,7-10,12-14H2. The molecule has 0 radical (unpaired) electrons. The van der Waals surface area contributed by atoms with Crippen LogP contribution in [0.3, 0.4) is 0 Å². The molecule has 1 aliphatic rings. The second-order valence-electron chi connectivity index (χ2n) is 6.62. The summed E-state index contributed by atoms with van der Waals surface area (Å²) in [6.07, 6.45) is 1.47. The van der Waals surface area contributed by atoms with E-state index < -0.39 is 11.6 Å². The number of hydrogen-bond donors (Lipinski definition) is 2. The van der Waals surface area contributed by atoms with Gasteiger partial charge in [-0.25, -0.2) is 8.78 Å². The summed E-state index contributed by atoms with van der Waals surface area (Å²) in [5.74, 6) is -0.819. The van der Waals surface area contributed by atoms with Gasteiger partial charge in [-0.2, -0.15) is 0 Å². The van der Waals surface area contributed by atoms with Crippen molar-refractivity contribution in [1.82, 2.24) is 10.2 Å². The Morgan fingerprint density at radius 2 is 1.64 bits per heavy atom. The molecule has 5 heteroatoms. The molecule has 2 N–H and O–H groups in total. The van der Waals surface area contributed by atoms with Gasteiger partial charge in [0.15, 0.2) is 0 Å². The van der Waals surface area contributed by atoms with Gasteiger partial charge in [0.25, 0.3) is 0 Å². The molecule has 25 heavy (non-hydrogen) atoms. The van der Waals surface area contributed by atoms with Gasteiger partial charge in [0, 0.05) is 38.3 Å². The summed E-state index contributed by atoms with van der Waals surface area (Å²) in [6, 6.07) is 11.7. The van der Waals surface area contributed by atoms with Crippen molar-refractivity contribution in [3.63, 3.8) is 0 Å². The molecule has 0 aromatic heterocycles. The Kier molecular flexibility index (Phi) is 6.13. The van der Waals surface area contributed by atoms with E-state index in [2.05, 4.69) is 22.3 Å². The molecule has 0 saturated carbocycles. The van der Waals surface area contributed by atoms with Crippen LogP contribution in [0.1, 0.15) is 29.5 Å². The number of benzene rings is 2. The Labute approximate surface area is 147 Å². The predicted octanol–water partition coefficient (Wildman–Crippen LogP) is 3.21. The minimum atomic E-state index is -0.425. The largest absolute Gasteiger partial charge is 0.393 e. The highest BCUT2D eigenvalue weighted by Crippen LogP contribution is 2.17. The number of nitrogens with zero attached hydrogens (tertiary/aromatic N) is 1. The third-order valence-electron chi connectivity index (χ3n) is 4.71. The van der Waals surface area contributed by atoms with Crippen LogP contribution in [0.5, 0.6) is 0 Å². The zero-order valence-electron chi connectivity index (χ0n) is 14.2. The maximum atomic E-state index is 13.7. The van der Waals surface area contributed by atoms with E-state index in [1.165, 1.54) is 11.6 Å². The summed E-state index contributed by atoms with van der Waals surface area (Å²) < 4.78 is 26.9. The lowest BCUT2D eigenvalue weighted by Crippen LogP contribution is -2.35. The van der Waals surface area contributed by atoms with Gasteiger partial charge >= 0.3 is 0 Å². The number of likely N-dealkylation sites (tertiary alicyclic amines) is 1. The first-order chi connectivity index (χ1) is 12.1. The van der Waals surface area contributed by atoms with Crippen LogP contribution >= 0.6 is 0 Å². The summed E-state index contributed by atoms with van der Waals surface area (Å²) in [7, 11) is 0. The average Bonchev–Trinajstić information content (AvgIpc) is 2.61. The molecule has 1 heterocycles. The lowest BCUT2D eigenvalue weighted by Gasteiger charge is -2.30. The summed E-state index contributed by atoms with van der Waals surface area (Å²) >= 11 is 0. The zero-order valence-corrected chi connectivity index (χ0v) is 14.2. The smallest absolute Gasteiger partial charge is 0.127 e. The van der Waals surface area contributed by atoms with Crippen molar-refractivity contribution in [1.29, 1.82) is 0 Å². The molecule has 0 atom stereocenters. The van der Waals surface area contributed by atoms with Gasteiger partial charge in [0.2, 0.25) is 0 Å². The van der Waals surface area contributed by atoms with Gasteiger partial charge in [-0.15, -0.1) is 0 Å². The SMILES string of the molecule is OC1CCN(Cc2ccccc2CNCc2cc(F)ccc2F)CC1. The number of aliphatic hydroxyl groups is 1. The van der Waals surface area contributed by atoms with E-state index in [1.807, 2.05) is 12.1 Å². The van der Waals surface area contributed by atoms with E-state index >= 15 is 0 Å². The molecular weight excluding hydrogens is 322 g/mol. The van der Waals surface area contributed by atoms with Crippen LogP contribution in [0, 0.1) is 11.6 Å². The number of nitrogens with one attached hydrogen (secondary N) is 1. The topological polar surface area (TPSA) is 35.5 Å². The lowest BCUT2D eigenvalue weighted by atomic mass is 10.0. The summed E-state index contributed by atoms with van der Waals surface area (Å²) in [6.45, 7) is 3.53. The van der Waals surface area contributed by atoms with Crippen molar-refractivity contribution in [2.75, 3.05) is 13.1 Å². The third-order valence-corrected chi connectivity index (χ3v) is 4.71. The Hall–Kier alpha value is -1.82. The van der Waals surface area contributed by atoms with E-state index in [1.54, 1.807) is 0 Å². The minimum Gasteiger partial charge on any atom is -0.393 e. The number of hydrogen-bond acceptors (Lipinski definition) is 3. The van der Waals surface area contributed by atoms with Crippen LogP contribution in [-0.4, -0.2) is 29.2 Å². The quantitative estimate of drug-likeness (QED) is 0.843. The fourth-order valence-corrected chi connectivity index (χ4v) is 3.21. The minimum absolute atomic E-state index is 0.172. The highest BCUT2D eigenvalue weighted by molar-refractivity contribution is 5.27. The molecule has 1 saturated heterocycles. The molecule has 3 nitrogen and oxygen atoms in total. The van der Waals surface area contributed by atoms with Gasteiger partial charge < -0.3 is 10.4 Å². The van der Waals surface area contributed by atoms with E-state index in [0.717, 1.165) is 50.2 Å². The molecule has 0 aliphatic carbocycles. The molecular formula is C20H24F2N2O. The summed E-state index contributed by atoms with van der Waals surface area (Å²) in [5.41, 5.74) is 2.72. The molecule has 3 rings (SSSR count). The van der Waals surface area contributed by atoms with Crippen molar-refractivity contribution in [3.05, 3.63) is 70.8 Å². The fraction of sp³-hybridized carbons (Fsp3) is 0.400. The van der Waals surface area contributed by atoms with Crippen molar-refractivity contribution >= 4 is 0 Å². The Balaban J connectivity index is 1.58. The Morgan fingerprint density at radius 1 is 0.960 bits per heavy atom. The average molecular weight is 346 g/mol. The number of piperidine rings is 1. The van der Waals surface area contributed by atoms with Gasteiger partial charge in [0.05, 0.1) is 6.10 Å². The van der Waals surface area contributed by atoms with Gasteiger partial charge in [-0.05, 0) is 42.2 Å². The van der Waals surface area contributed by atoms with Gasteiger partial charge in [0.1, 0.15) is 11.6 Å². The third kappa shape index (κ3) is 5.08. The maximum absolute atomic E-state index is 13.7. The van der Waals surface area contributed by atoms with Gasteiger partial charge in [-0.1, -0.05) is 24.3 Å². The monoisotopic (exact) mass is 346 g/mol. The second-order valence-corrected chi connectivity index (χ2v) is 6.62. The van der Waals surface area contributed by atoms with Crippen molar-refractivity contribution in [2.24, 2.45) is 0 Å². The molecule has 0 amide bonds. The Morgan fingerprint density at radius 3 is 2.40 bits per heavy atom. The molecule has 0 unspecified atom stereocenters. The predicted molar refractivity (Wildman–Crippen MR) is 93.9 cm³/mol. The van der Waals surface area contributed by atoms with E-state index in [4.69, 9.17) is 0 Å². The van der Waals surface area contributed by atoms with Crippen LogP contribution in [0.15, 0.2) is 42.5 Å². The van der Waals surface area contributed by atoms with Crippen LogP contribution in [0.4, 0.5) is 8.78 Å². The summed E-state index contributed by atoms with van der Waals surface area (Å²) in [4.78, 5) is 2.35. The summed E-state index contributed by atoms with van der Waals surface area (Å²) in [5, 5.41) is 12.8. The second kappa shape index (κ2) is 8.52. The highest BCUT2D eigenvalue weighted by atomic mass is 19.1. The van der Waals surface area contributed by atoms with E-state index in [9.17, 15) is 13.9 Å². The Bertz CT molecular complexity index is 700. The van der Waals surface area contributed by atoms with E-state index in [-0.39, 0.29) is 12.6 Å². The van der Waals surface area contributed by atoms with Crippen molar-refractivity contribution in [2.45, 2.75) is 38.6 Å². The van der Waals surface area contributed by atoms with Crippen molar-refractivity contribution in [3.8, 4) is 0 Å². The zero-order chi connectivity index (χ0) is 17.6. The van der Waals surface area contributed by atoms with Gasteiger partial charge in [-0.3, -0.25) is 4.90 Å². The molecule has 2 aromatic rings. The first-order valence-electron chi connectivity index (χ1n) is 8.73. The molecule has 1 fully saturated rings. The lowest BCUT2D eigenvalue weighted by molar-refractivity contribution is 0.0791. The first-order valence-corrected chi connectivity index (χ1v) is 8.73. The number of aliphatic hydroxyl groups excluding tert-OH is 1. The molecule has 0 bridgehead atoms. The molecule has 0 spiro atoms. The number of halogens is 2. The van der Waals surface area contributed by atoms with Crippen LogP contribution in [0.2, 0.25) is 0 Å². The maximum Gasteiger partial charge on any atom is 0.127 e. The van der Waals surface area contributed by atoms with Crippen molar-refractivity contribution < 1.29 is 13.9 Å². The highest BCUT2D eigenvalue weighted by Gasteiger charge is 2.17. The van der Waals surface area contributed by atoms with E-state index in [0.29, 0.717) is 12.1 Å². The van der Waals surface area contributed by atoms with Crippen LogP contribution in [-0.2, 0) is 19.6 Å². The first kappa shape index (κ1) is 18.0. The number of rotatable bonds is 6. The molecule has 2 aromatic carbocycles. The molecule has 134 valence electrons.